The van der Waals surface area contributed by atoms with Gasteiger partial charge in [-0.2, -0.15) is 4.98 Å². The van der Waals surface area contributed by atoms with E-state index in [4.69, 9.17) is 10.5 Å². The molecule has 0 spiro atoms. The molecule has 0 aliphatic carbocycles. The average molecular weight is 340 g/mol. The fourth-order valence-corrected chi connectivity index (χ4v) is 2.73. The Bertz CT molecular complexity index is 771. The second-order valence-corrected chi connectivity index (χ2v) is 6.05. The van der Waals surface area contributed by atoms with Crippen LogP contribution in [-0.2, 0) is 6.54 Å². The summed E-state index contributed by atoms with van der Waals surface area (Å²) in [5.41, 5.74) is 8.20. The molecule has 0 radical (unpaired) electrons. The molecule has 0 aliphatic rings. The van der Waals surface area contributed by atoms with Gasteiger partial charge in [-0.1, -0.05) is 54.2 Å². The second kappa shape index (κ2) is 7.88. The summed E-state index contributed by atoms with van der Waals surface area (Å²) in [6, 6.07) is 18.4. The van der Waals surface area contributed by atoms with Crippen LogP contribution in [0.4, 0.5) is 5.95 Å². The Morgan fingerprint density at radius 1 is 1.04 bits per heavy atom. The zero-order valence-corrected chi connectivity index (χ0v) is 14.4. The number of rotatable bonds is 7. The summed E-state index contributed by atoms with van der Waals surface area (Å²) in [5, 5.41) is 5.00. The largest absolute Gasteiger partial charge is 0.494 e. The molecule has 3 aromatic rings. The van der Waals surface area contributed by atoms with Crippen LogP contribution >= 0.6 is 11.8 Å². The van der Waals surface area contributed by atoms with Crippen molar-refractivity contribution in [2.45, 2.75) is 18.1 Å². The van der Waals surface area contributed by atoms with Crippen molar-refractivity contribution in [1.29, 1.82) is 0 Å². The Kier molecular flexibility index (Phi) is 5.38. The molecule has 6 heteroatoms. The quantitative estimate of drug-likeness (QED) is 0.524. The Morgan fingerprint density at radius 2 is 1.75 bits per heavy atom. The monoisotopic (exact) mass is 340 g/mol. The third kappa shape index (κ3) is 4.08. The molecule has 0 saturated heterocycles. The number of thioether (sulfide) groups is 1. The number of ether oxygens (including phenoxy) is 1. The van der Waals surface area contributed by atoms with Gasteiger partial charge in [0.05, 0.1) is 6.61 Å². The predicted octanol–water partition coefficient (Wildman–Crippen LogP) is 3.72. The Hall–Kier alpha value is -2.47. The highest BCUT2D eigenvalue weighted by atomic mass is 32.2. The lowest BCUT2D eigenvalue weighted by atomic mass is 10.1. The van der Waals surface area contributed by atoms with E-state index in [0.29, 0.717) is 24.3 Å². The summed E-state index contributed by atoms with van der Waals surface area (Å²) in [6.45, 7) is 1.31. The molecular formula is C18H20N4OS. The average Bonchev–Trinajstić information content (AvgIpc) is 3.00. The molecule has 0 amide bonds. The zero-order chi connectivity index (χ0) is 16.8. The summed E-state index contributed by atoms with van der Waals surface area (Å²) >= 11 is 1.49. The first-order valence-corrected chi connectivity index (χ1v) is 9.01. The van der Waals surface area contributed by atoms with Gasteiger partial charge in [0.2, 0.25) is 11.1 Å². The van der Waals surface area contributed by atoms with Crippen LogP contribution in [0.3, 0.4) is 0 Å². The number of benzene rings is 2. The van der Waals surface area contributed by atoms with Crippen molar-refractivity contribution in [2.75, 3.05) is 18.6 Å². The summed E-state index contributed by atoms with van der Waals surface area (Å²) < 4.78 is 7.50. The van der Waals surface area contributed by atoms with Gasteiger partial charge in [-0.3, -0.25) is 0 Å². The van der Waals surface area contributed by atoms with Gasteiger partial charge in [0, 0.05) is 13.0 Å². The molecule has 0 atom stereocenters. The topological polar surface area (TPSA) is 66.0 Å². The molecule has 3 rings (SSSR count). The number of nitrogens with two attached hydrogens (primary N) is 1. The number of hydrogen-bond donors (Lipinski definition) is 1. The zero-order valence-electron chi connectivity index (χ0n) is 13.6. The smallest absolute Gasteiger partial charge is 0.219 e. The van der Waals surface area contributed by atoms with Crippen molar-refractivity contribution in [1.82, 2.24) is 14.8 Å². The van der Waals surface area contributed by atoms with E-state index in [2.05, 4.69) is 34.3 Å². The van der Waals surface area contributed by atoms with Crippen LogP contribution in [-0.4, -0.2) is 27.6 Å². The second-order valence-electron chi connectivity index (χ2n) is 5.27. The van der Waals surface area contributed by atoms with Gasteiger partial charge in [0.25, 0.3) is 0 Å². The van der Waals surface area contributed by atoms with E-state index in [9.17, 15) is 0 Å². The lowest BCUT2D eigenvalue weighted by Crippen LogP contribution is -2.08. The van der Waals surface area contributed by atoms with Gasteiger partial charge >= 0.3 is 0 Å². The maximum Gasteiger partial charge on any atom is 0.219 e. The van der Waals surface area contributed by atoms with E-state index >= 15 is 0 Å². The van der Waals surface area contributed by atoms with Gasteiger partial charge in [-0.25, -0.2) is 4.68 Å². The van der Waals surface area contributed by atoms with Crippen molar-refractivity contribution in [2.24, 2.45) is 0 Å². The molecule has 24 heavy (non-hydrogen) atoms. The molecule has 2 aromatic carbocycles. The molecule has 1 heterocycles. The van der Waals surface area contributed by atoms with Crippen molar-refractivity contribution >= 4 is 17.7 Å². The van der Waals surface area contributed by atoms with E-state index in [1.165, 1.54) is 22.9 Å². The molecule has 0 aliphatic heterocycles. The summed E-state index contributed by atoms with van der Waals surface area (Å²) in [4.78, 5) is 4.16. The maximum atomic E-state index is 5.82. The molecule has 0 saturated carbocycles. The van der Waals surface area contributed by atoms with Crippen LogP contribution in [0.15, 0.2) is 59.8 Å². The summed E-state index contributed by atoms with van der Waals surface area (Å²) in [7, 11) is 0. The van der Waals surface area contributed by atoms with Crippen molar-refractivity contribution < 1.29 is 4.74 Å². The summed E-state index contributed by atoms with van der Waals surface area (Å²) in [6.07, 6.45) is 2.75. The normalized spacial score (nSPS) is 10.7. The standard InChI is InChI=1S/C18H20N4OS/c1-24-18-20-17(19)22(21-18)12-5-13-23-16-10-8-15(9-11-16)14-6-3-2-4-7-14/h2-4,6-11H,5,12-13H2,1H3,(H2,19,20,21). The van der Waals surface area contributed by atoms with E-state index in [1.807, 2.05) is 36.6 Å². The van der Waals surface area contributed by atoms with Crippen LogP contribution in [0.1, 0.15) is 6.42 Å². The van der Waals surface area contributed by atoms with Crippen LogP contribution < -0.4 is 10.5 Å². The Labute approximate surface area is 145 Å². The number of hydrogen-bond acceptors (Lipinski definition) is 5. The molecular weight excluding hydrogens is 320 g/mol. The Balaban J connectivity index is 1.49. The SMILES string of the molecule is CSc1nc(N)n(CCCOc2ccc(-c3ccccc3)cc2)n1. The third-order valence-electron chi connectivity index (χ3n) is 3.61. The fourth-order valence-electron chi connectivity index (χ4n) is 2.36. The predicted molar refractivity (Wildman–Crippen MR) is 98.2 cm³/mol. The molecule has 1 aromatic heterocycles. The van der Waals surface area contributed by atoms with Crippen LogP contribution in [0.25, 0.3) is 11.1 Å². The summed E-state index contributed by atoms with van der Waals surface area (Å²) in [5.74, 6) is 1.32. The Morgan fingerprint density at radius 3 is 2.42 bits per heavy atom. The molecule has 5 nitrogen and oxygen atoms in total. The number of aryl methyl sites for hydroxylation is 1. The molecule has 0 fully saturated rings. The number of nitrogens with zero attached hydrogens (tertiary/aromatic N) is 3. The minimum absolute atomic E-state index is 0.451. The lowest BCUT2D eigenvalue weighted by molar-refractivity contribution is 0.299. The van der Waals surface area contributed by atoms with Gasteiger partial charge in [-0.15, -0.1) is 5.10 Å². The van der Waals surface area contributed by atoms with Crippen molar-refractivity contribution in [3.05, 3.63) is 54.6 Å². The van der Waals surface area contributed by atoms with E-state index in [-0.39, 0.29) is 0 Å². The highest BCUT2D eigenvalue weighted by molar-refractivity contribution is 7.98. The minimum Gasteiger partial charge on any atom is -0.494 e. The number of nitrogen functional groups attached to an aromatic ring is 1. The van der Waals surface area contributed by atoms with Gasteiger partial charge < -0.3 is 10.5 Å². The minimum atomic E-state index is 0.451. The molecule has 0 unspecified atom stereocenters. The first-order valence-electron chi connectivity index (χ1n) is 7.79. The van der Waals surface area contributed by atoms with Gasteiger partial charge in [0.15, 0.2) is 0 Å². The van der Waals surface area contributed by atoms with Crippen LogP contribution in [0, 0.1) is 0 Å². The highest BCUT2D eigenvalue weighted by Gasteiger charge is 2.05. The van der Waals surface area contributed by atoms with E-state index in [0.717, 1.165) is 12.2 Å². The van der Waals surface area contributed by atoms with Gasteiger partial charge in [-0.05, 0) is 29.5 Å². The first kappa shape index (κ1) is 16.4. The highest BCUT2D eigenvalue weighted by Crippen LogP contribution is 2.22. The lowest BCUT2D eigenvalue weighted by Gasteiger charge is -2.08. The number of aromatic nitrogens is 3. The molecule has 2 N–H and O–H groups in total. The third-order valence-corrected chi connectivity index (χ3v) is 4.15. The van der Waals surface area contributed by atoms with E-state index in [1.54, 1.807) is 4.68 Å². The fraction of sp³-hybridized carbons (Fsp3) is 0.222. The van der Waals surface area contributed by atoms with Gasteiger partial charge in [0.1, 0.15) is 5.75 Å². The maximum absolute atomic E-state index is 5.82. The first-order chi connectivity index (χ1) is 11.8. The van der Waals surface area contributed by atoms with Crippen LogP contribution in [0.5, 0.6) is 5.75 Å². The van der Waals surface area contributed by atoms with E-state index < -0.39 is 0 Å². The van der Waals surface area contributed by atoms with Crippen molar-refractivity contribution in [3.63, 3.8) is 0 Å². The molecule has 0 bridgehead atoms. The van der Waals surface area contributed by atoms with Crippen LogP contribution in [0.2, 0.25) is 0 Å². The van der Waals surface area contributed by atoms with Crippen molar-refractivity contribution in [3.8, 4) is 16.9 Å². The molecule has 124 valence electrons. The number of anilines is 1.